The van der Waals surface area contributed by atoms with Crippen LogP contribution in [-0.4, -0.2) is 11.2 Å². The molecule has 1 nitrogen and oxygen atoms in total. The van der Waals surface area contributed by atoms with Crippen molar-refractivity contribution in [2.75, 3.05) is 0 Å². The Bertz CT molecular complexity index is 90.6. The van der Waals surface area contributed by atoms with E-state index in [0.29, 0.717) is 5.92 Å². The highest BCUT2D eigenvalue weighted by molar-refractivity contribution is 4.74. The van der Waals surface area contributed by atoms with E-state index in [9.17, 15) is 5.11 Å². The summed E-state index contributed by atoms with van der Waals surface area (Å²) in [6.45, 7) is 4.41. The lowest BCUT2D eigenvalue weighted by molar-refractivity contribution is 0.0611. The molecule has 1 N–H and O–H groups in total. The molecule has 0 heterocycles. The summed E-state index contributed by atoms with van der Waals surface area (Å²) >= 11 is 0. The predicted molar refractivity (Wildman–Crippen MR) is 38.2 cm³/mol. The molecule has 0 aromatic heterocycles. The number of aliphatic hydroxyl groups excluding tert-OH is 1. The van der Waals surface area contributed by atoms with E-state index in [1.807, 2.05) is 0 Å². The Labute approximate surface area is 57.1 Å². The Kier molecular flexibility index (Phi) is 2.12. The van der Waals surface area contributed by atoms with E-state index in [0.717, 1.165) is 12.3 Å². The second-order valence-electron chi connectivity index (χ2n) is 3.46. The number of hydrogen-bond donors (Lipinski definition) is 1. The van der Waals surface area contributed by atoms with Crippen molar-refractivity contribution in [1.82, 2.24) is 0 Å². The molecule has 0 aromatic rings. The molecule has 0 radical (unpaired) electrons. The largest absolute Gasteiger partial charge is 0.393 e. The second-order valence-corrected chi connectivity index (χ2v) is 3.46. The summed E-state index contributed by atoms with van der Waals surface area (Å²) in [5.74, 6) is 1.37. The molecular weight excluding hydrogens is 112 g/mol. The van der Waals surface area contributed by atoms with Crippen LogP contribution < -0.4 is 0 Å². The zero-order valence-corrected chi connectivity index (χ0v) is 6.30. The lowest BCUT2D eigenvalue weighted by Crippen LogP contribution is -2.25. The Morgan fingerprint density at radius 3 is 2.33 bits per heavy atom. The van der Waals surface area contributed by atoms with Crippen LogP contribution in [0.25, 0.3) is 0 Å². The van der Waals surface area contributed by atoms with Crippen molar-refractivity contribution in [2.45, 2.75) is 39.2 Å². The summed E-state index contributed by atoms with van der Waals surface area (Å²) in [4.78, 5) is 0. The Balaban J connectivity index is 2.35. The minimum absolute atomic E-state index is 0.0128. The van der Waals surface area contributed by atoms with Gasteiger partial charge in [0.2, 0.25) is 0 Å². The first-order valence-corrected chi connectivity index (χ1v) is 3.88. The van der Waals surface area contributed by atoms with Crippen molar-refractivity contribution in [3.8, 4) is 0 Å². The topological polar surface area (TPSA) is 20.2 Å². The van der Waals surface area contributed by atoms with Crippen molar-refractivity contribution < 1.29 is 5.11 Å². The van der Waals surface area contributed by atoms with Gasteiger partial charge >= 0.3 is 0 Å². The van der Waals surface area contributed by atoms with Crippen LogP contribution in [0, 0.1) is 11.8 Å². The zero-order valence-electron chi connectivity index (χ0n) is 6.30. The van der Waals surface area contributed by atoms with E-state index in [2.05, 4.69) is 13.8 Å². The van der Waals surface area contributed by atoms with Crippen LogP contribution in [0.15, 0.2) is 0 Å². The monoisotopic (exact) mass is 128 g/mol. The quantitative estimate of drug-likeness (QED) is 0.527. The van der Waals surface area contributed by atoms with Crippen LogP contribution in [0.3, 0.4) is 0 Å². The van der Waals surface area contributed by atoms with Gasteiger partial charge in [0.15, 0.2) is 0 Å². The summed E-state index contributed by atoms with van der Waals surface area (Å²) in [5.41, 5.74) is 0. The van der Waals surface area contributed by atoms with Crippen molar-refractivity contribution in [3.63, 3.8) is 0 Å². The number of hydrogen-bond acceptors (Lipinski definition) is 1. The van der Waals surface area contributed by atoms with Gasteiger partial charge in [-0.05, 0) is 31.1 Å². The van der Waals surface area contributed by atoms with E-state index in [4.69, 9.17) is 0 Å². The van der Waals surface area contributed by atoms with Crippen molar-refractivity contribution in [1.29, 1.82) is 0 Å². The highest BCUT2D eigenvalue weighted by atomic mass is 16.3. The van der Waals surface area contributed by atoms with Crippen molar-refractivity contribution in [3.05, 3.63) is 0 Å². The molecule has 0 spiro atoms. The van der Waals surface area contributed by atoms with Gasteiger partial charge in [0.1, 0.15) is 0 Å². The van der Waals surface area contributed by atoms with Crippen LogP contribution in [0.1, 0.15) is 33.1 Å². The molecule has 3 unspecified atom stereocenters. The molecule has 0 bridgehead atoms. The number of aliphatic hydroxyl groups is 1. The minimum Gasteiger partial charge on any atom is -0.393 e. The van der Waals surface area contributed by atoms with Crippen LogP contribution >= 0.6 is 0 Å². The summed E-state index contributed by atoms with van der Waals surface area (Å²) < 4.78 is 0. The highest BCUT2D eigenvalue weighted by Gasteiger charge is 2.22. The smallest absolute Gasteiger partial charge is 0.0566 e. The first kappa shape index (κ1) is 7.07. The molecular formula is C8H16O. The Morgan fingerprint density at radius 2 is 1.89 bits per heavy atom. The lowest BCUT2D eigenvalue weighted by Gasteiger charge is -2.28. The van der Waals surface area contributed by atoms with Crippen LogP contribution in [-0.2, 0) is 0 Å². The number of rotatable bonds is 0. The normalized spacial score (nSPS) is 45.0. The summed E-state index contributed by atoms with van der Waals surface area (Å²) in [7, 11) is 0. The van der Waals surface area contributed by atoms with Gasteiger partial charge in [-0.2, -0.15) is 0 Å². The van der Waals surface area contributed by atoms with Gasteiger partial charge in [0.25, 0.3) is 0 Å². The molecule has 1 heteroatoms. The van der Waals surface area contributed by atoms with E-state index >= 15 is 0 Å². The molecule has 1 saturated carbocycles. The van der Waals surface area contributed by atoms with Gasteiger partial charge in [-0.15, -0.1) is 0 Å². The van der Waals surface area contributed by atoms with Crippen molar-refractivity contribution >= 4 is 0 Å². The fraction of sp³-hybridized carbons (Fsp3) is 1.00. The molecule has 1 aliphatic carbocycles. The minimum atomic E-state index is -0.0128. The average Bonchev–Trinajstić information content (AvgIpc) is 1.80. The maximum Gasteiger partial charge on any atom is 0.0566 e. The van der Waals surface area contributed by atoms with E-state index in [1.165, 1.54) is 12.8 Å². The Hall–Kier alpha value is -0.0400. The summed E-state index contributed by atoms with van der Waals surface area (Å²) in [5, 5.41) is 9.30. The standard InChI is InChI=1S/C8H16O/c1-6-3-4-8(9)7(2)5-6/h6-9H,3-5H2,1-2H3. The predicted octanol–water partition coefficient (Wildman–Crippen LogP) is 1.80. The van der Waals surface area contributed by atoms with Crippen LogP contribution in [0.5, 0.6) is 0 Å². The lowest BCUT2D eigenvalue weighted by atomic mass is 9.81. The van der Waals surface area contributed by atoms with Gasteiger partial charge in [-0.1, -0.05) is 13.8 Å². The molecule has 9 heavy (non-hydrogen) atoms. The molecule has 0 saturated heterocycles. The molecule has 0 amide bonds. The maximum atomic E-state index is 9.30. The molecule has 0 aliphatic heterocycles. The zero-order chi connectivity index (χ0) is 6.85. The third-order valence-electron chi connectivity index (χ3n) is 2.39. The van der Waals surface area contributed by atoms with Crippen LogP contribution in [0.4, 0.5) is 0 Å². The molecule has 3 atom stereocenters. The van der Waals surface area contributed by atoms with E-state index < -0.39 is 0 Å². The van der Waals surface area contributed by atoms with Gasteiger partial charge < -0.3 is 5.11 Å². The van der Waals surface area contributed by atoms with Gasteiger partial charge in [-0.25, -0.2) is 0 Å². The van der Waals surface area contributed by atoms with Crippen molar-refractivity contribution in [2.24, 2.45) is 11.8 Å². The van der Waals surface area contributed by atoms with Gasteiger partial charge in [-0.3, -0.25) is 0 Å². The molecule has 1 fully saturated rings. The third-order valence-corrected chi connectivity index (χ3v) is 2.39. The molecule has 54 valence electrons. The van der Waals surface area contributed by atoms with Gasteiger partial charge in [0.05, 0.1) is 6.10 Å². The molecule has 1 aliphatic rings. The Morgan fingerprint density at radius 1 is 1.22 bits per heavy atom. The first-order valence-electron chi connectivity index (χ1n) is 3.88. The van der Waals surface area contributed by atoms with Crippen LogP contribution in [0.2, 0.25) is 0 Å². The fourth-order valence-corrected chi connectivity index (χ4v) is 1.65. The highest BCUT2D eigenvalue weighted by Crippen LogP contribution is 2.28. The first-order chi connectivity index (χ1) is 4.20. The summed E-state index contributed by atoms with van der Waals surface area (Å²) in [6, 6.07) is 0. The fourth-order valence-electron chi connectivity index (χ4n) is 1.65. The van der Waals surface area contributed by atoms with E-state index in [-0.39, 0.29) is 6.10 Å². The van der Waals surface area contributed by atoms with Gasteiger partial charge in [0, 0.05) is 0 Å². The third kappa shape index (κ3) is 1.68. The SMILES string of the molecule is CC1CCC(O)C(C)C1. The van der Waals surface area contributed by atoms with E-state index in [1.54, 1.807) is 0 Å². The second kappa shape index (κ2) is 2.70. The average molecular weight is 128 g/mol. The summed E-state index contributed by atoms with van der Waals surface area (Å²) in [6.07, 6.45) is 3.43. The molecule has 0 aromatic carbocycles. The maximum absolute atomic E-state index is 9.30. The molecule has 1 rings (SSSR count).